The van der Waals surface area contributed by atoms with Crippen LogP contribution in [0.5, 0.6) is 0 Å². The van der Waals surface area contributed by atoms with Crippen molar-refractivity contribution in [2.75, 3.05) is 5.75 Å². The van der Waals surface area contributed by atoms with Gasteiger partial charge in [-0.1, -0.05) is 33.8 Å². The van der Waals surface area contributed by atoms with Crippen molar-refractivity contribution < 1.29 is 4.79 Å². The van der Waals surface area contributed by atoms with Crippen LogP contribution in [0.15, 0.2) is 81.0 Å². The predicted molar refractivity (Wildman–Crippen MR) is 128 cm³/mol. The van der Waals surface area contributed by atoms with E-state index < -0.39 is 0 Å². The van der Waals surface area contributed by atoms with Crippen LogP contribution >= 0.6 is 39.0 Å². The lowest BCUT2D eigenvalue weighted by Gasteiger charge is -2.10. The van der Waals surface area contributed by atoms with Crippen molar-refractivity contribution in [2.45, 2.75) is 12.1 Å². The molecular formula is C21H17BrN6OS2. The van der Waals surface area contributed by atoms with Gasteiger partial charge in [0, 0.05) is 33.0 Å². The predicted octanol–water partition coefficient (Wildman–Crippen LogP) is 4.79. The molecule has 31 heavy (non-hydrogen) atoms. The van der Waals surface area contributed by atoms with Crippen molar-refractivity contribution in [3.63, 3.8) is 0 Å². The van der Waals surface area contributed by atoms with Crippen LogP contribution in [-0.4, -0.2) is 37.1 Å². The van der Waals surface area contributed by atoms with Gasteiger partial charge in [-0.2, -0.15) is 5.10 Å². The molecule has 0 saturated heterocycles. The molecule has 0 bridgehead atoms. The number of carbonyl (C=O) groups excluding carboxylic acids is 1. The Morgan fingerprint density at radius 2 is 2.03 bits per heavy atom. The van der Waals surface area contributed by atoms with Crippen LogP contribution < -0.4 is 5.43 Å². The Hall–Kier alpha value is -2.82. The number of aromatic nitrogens is 4. The summed E-state index contributed by atoms with van der Waals surface area (Å²) in [6.07, 6.45) is 3.45. The number of carbonyl (C=O) groups is 1. The highest BCUT2D eigenvalue weighted by atomic mass is 79.9. The monoisotopic (exact) mass is 512 g/mol. The standard InChI is InChI=1S/C21H17BrN6OS2/c1-14(18-5-3-11-30-18)24-25-19(29)13-31-21-27-26-20(15-4-2-10-23-12-15)28(21)17-8-6-16(22)7-9-17/h2-12H,13H2,1H3,(H,25,29). The number of thiophene rings is 1. The first-order valence-electron chi connectivity index (χ1n) is 9.23. The molecule has 3 aromatic heterocycles. The number of thioether (sulfide) groups is 1. The third kappa shape index (κ3) is 5.27. The zero-order chi connectivity index (χ0) is 21.6. The van der Waals surface area contributed by atoms with Crippen LogP contribution in [0.3, 0.4) is 0 Å². The number of halogens is 1. The summed E-state index contributed by atoms with van der Waals surface area (Å²) in [4.78, 5) is 17.5. The molecule has 1 N–H and O–H groups in total. The van der Waals surface area contributed by atoms with Gasteiger partial charge in [0.1, 0.15) is 0 Å². The Bertz CT molecular complexity index is 1190. The van der Waals surface area contributed by atoms with E-state index in [1.54, 1.807) is 23.7 Å². The first kappa shape index (κ1) is 21.4. The highest BCUT2D eigenvalue weighted by Crippen LogP contribution is 2.28. The molecule has 0 aliphatic rings. The third-order valence-electron chi connectivity index (χ3n) is 4.20. The molecule has 1 aromatic carbocycles. The number of pyridine rings is 1. The van der Waals surface area contributed by atoms with Crippen LogP contribution in [0.4, 0.5) is 0 Å². The smallest absolute Gasteiger partial charge is 0.250 e. The van der Waals surface area contributed by atoms with Crippen molar-refractivity contribution in [1.82, 2.24) is 25.2 Å². The minimum Gasteiger partial charge on any atom is -0.272 e. The van der Waals surface area contributed by atoms with Crippen LogP contribution in [0.1, 0.15) is 11.8 Å². The van der Waals surface area contributed by atoms with Gasteiger partial charge in [0.05, 0.1) is 11.5 Å². The average molecular weight is 513 g/mol. The molecule has 0 unspecified atom stereocenters. The maximum absolute atomic E-state index is 12.4. The zero-order valence-corrected chi connectivity index (χ0v) is 19.6. The number of benzene rings is 1. The van der Waals surface area contributed by atoms with E-state index in [1.807, 2.05) is 65.4 Å². The minimum atomic E-state index is -0.214. The summed E-state index contributed by atoms with van der Waals surface area (Å²) in [5, 5.41) is 15.4. The molecule has 0 spiro atoms. The molecular weight excluding hydrogens is 496 g/mol. The summed E-state index contributed by atoms with van der Waals surface area (Å²) < 4.78 is 2.89. The number of rotatable bonds is 7. The average Bonchev–Trinajstić information content (AvgIpc) is 3.48. The van der Waals surface area contributed by atoms with Crippen molar-refractivity contribution >= 4 is 50.6 Å². The lowest BCUT2D eigenvalue weighted by atomic mass is 10.2. The third-order valence-corrected chi connectivity index (χ3v) is 6.63. The Balaban J connectivity index is 1.54. The quantitative estimate of drug-likeness (QED) is 0.218. The van der Waals surface area contributed by atoms with Gasteiger partial charge in [0.25, 0.3) is 5.91 Å². The Morgan fingerprint density at radius 1 is 1.19 bits per heavy atom. The summed E-state index contributed by atoms with van der Waals surface area (Å²) in [7, 11) is 0. The Labute approximate surface area is 195 Å². The normalized spacial score (nSPS) is 11.5. The highest BCUT2D eigenvalue weighted by Gasteiger charge is 2.17. The van der Waals surface area contributed by atoms with Crippen LogP contribution in [0.2, 0.25) is 0 Å². The number of nitrogens with one attached hydrogen (secondary N) is 1. The number of hydrogen-bond donors (Lipinski definition) is 1. The molecule has 0 aliphatic carbocycles. The summed E-state index contributed by atoms with van der Waals surface area (Å²) in [5.74, 6) is 0.599. The van der Waals surface area contributed by atoms with E-state index in [0.29, 0.717) is 11.0 Å². The SMILES string of the molecule is CC(=NNC(=O)CSc1nnc(-c2cccnc2)n1-c1ccc(Br)cc1)c1cccs1. The Morgan fingerprint density at radius 3 is 2.74 bits per heavy atom. The van der Waals surface area contributed by atoms with Gasteiger partial charge in [0.2, 0.25) is 0 Å². The van der Waals surface area contributed by atoms with Gasteiger partial charge in [-0.3, -0.25) is 14.3 Å². The van der Waals surface area contributed by atoms with Gasteiger partial charge in [-0.05, 0) is 54.8 Å². The molecule has 0 radical (unpaired) electrons. The van der Waals surface area contributed by atoms with Crippen LogP contribution in [0, 0.1) is 0 Å². The molecule has 156 valence electrons. The van der Waals surface area contributed by atoms with Crippen molar-refractivity contribution in [3.05, 3.63) is 75.7 Å². The second-order valence-electron chi connectivity index (χ2n) is 6.36. The lowest BCUT2D eigenvalue weighted by molar-refractivity contribution is -0.118. The molecule has 0 aliphatic heterocycles. The van der Waals surface area contributed by atoms with Gasteiger partial charge in [-0.15, -0.1) is 21.5 Å². The molecule has 10 heteroatoms. The Kier molecular flexibility index (Phi) is 6.90. The molecule has 3 heterocycles. The van der Waals surface area contributed by atoms with Crippen molar-refractivity contribution in [2.24, 2.45) is 5.10 Å². The molecule has 7 nitrogen and oxygen atoms in total. The number of amides is 1. The van der Waals surface area contributed by atoms with E-state index in [4.69, 9.17) is 0 Å². The fourth-order valence-corrected chi connectivity index (χ4v) is 4.40. The maximum atomic E-state index is 12.4. The van der Waals surface area contributed by atoms with E-state index in [2.05, 4.69) is 41.6 Å². The molecule has 1 amide bonds. The van der Waals surface area contributed by atoms with E-state index in [-0.39, 0.29) is 11.7 Å². The first-order chi connectivity index (χ1) is 15.1. The molecule has 0 atom stereocenters. The maximum Gasteiger partial charge on any atom is 0.250 e. The molecule has 4 rings (SSSR count). The second-order valence-corrected chi connectivity index (χ2v) is 9.16. The summed E-state index contributed by atoms with van der Waals surface area (Å²) in [6, 6.07) is 15.5. The van der Waals surface area contributed by atoms with E-state index in [1.165, 1.54) is 11.8 Å². The topological polar surface area (TPSA) is 85.1 Å². The second kappa shape index (κ2) is 9.99. The minimum absolute atomic E-state index is 0.156. The highest BCUT2D eigenvalue weighted by molar-refractivity contribution is 9.10. The van der Waals surface area contributed by atoms with Crippen molar-refractivity contribution in [3.8, 4) is 17.1 Å². The number of hydrazone groups is 1. The van der Waals surface area contributed by atoms with Gasteiger partial charge in [-0.25, -0.2) is 5.43 Å². The summed E-state index contributed by atoms with van der Waals surface area (Å²) in [6.45, 7) is 1.86. The van der Waals surface area contributed by atoms with E-state index in [9.17, 15) is 4.79 Å². The molecule has 0 saturated carbocycles. The number of nitrogens with zero attached hydrogens (tertiary/aromatic N) is 5. The zero-order valence-electron chi connectivity index (χ0n) is 16.4. The largest absolute Gasteiger partial charge is 0.272 e. The fraction of sp³-hybridized carbons (Fsp3) is 0.0952. The van der Waals surface area contributed by atoms with Crippen molar-refractivity contribution in [1.29, 1.82) is 0 Å². The number of hydrogen-bond acceptors (Lipinski definition) is 7. The summed E-state index contributed by atoms with van der Waals surface area (Å²) >= 11 is 6.34. The van der Waals surface area contributed by atoms with E-state index in [0.717, 1.165) is 26.3 Å². The van der Waals surface area contributed by atoms with Gasteiger partial charge < -0.3 is 0 Å². The van der Waals surface area contributed by atoms with Crippen LogP contribution in [0.25, 0.3) is 17.1 Å². The first-order valence-corrected chi connectivity index (χ1v) is 11.9. The van der Waals surface area contributed by atoms with Gasteiger partial charge >= 0.3 is 0 Å². The fourth-order valence-electron chi connectivity index (χ4n) is 2.72. The van der Waals surface area contributed by atoms with E-state index >= 15 is 0 Å². The summed E-state index contributed by atoms with van der Waals surface area (Å²) in [5.41, 5.74) is 5.10. The lowest BCUT2D eigenvalue weighted by Crippen LogP contribution is -2.21. The van der Waals surface area contributed by atoms with Crippen LogP contribution in [-0.2, 0) is 4.79 Å². The molecule has 4 aromatic rings. The van der Waals surface area contributed by atoms with Gasteiger partial charge in [0.15, 0.2) is 11.0 Å². The molecule has 0 fully saturated rings.